The van der Waals surface area contributed by atoms with Gasteiger partial charge in [0.15, 0.2) is 6.29 Å². The van der Waals surface area contributed by atoms with Crippen molar-refractivity contribution < 1.29 is 17.9 Å². The molecular weight excluding hydrogens is 315 g/mol. The average molecular weight is 329 g/mol. The maximum absolute atomic E-state index is 12.1. The second-order valence-electron chi connectivity index (χ2n) is 3.69. The van der Waals surface area contributed by atoms with Gasteiger partial charge in [0.05, 0.1) is 11.1 Å². The number of sulfonamides is 1. The van der Waals surface area contributed by atoms with Gasteiger partial charge in [0.25, 0.3) is 0 Å². The van der Waals surface area contributed by atoms with Crippen LogP contribution in [0.4, 0.5) is 0 Å². The first-order valence-electron chi connectivity index (χ1n) is 5.20. The number of nitrogens with one attached hydrogen (secondary N) is 1. The molecule has 0 aliphatic rings. The Morgan fingerprint density at radius 1 is 1.32 bits per heavy atom. The third-order valence-electron chi connectivity index (χ3n) is 2.30. The molecule has 1 N–H and O–H groups in total. The summed E-state index contributed by atoms with van der Waals surface area (Å²) >= 11 is 11.4. The minimum absolute atomic E-state index is 0.0420. The Morgan fingerprint density at radius 2 is 1.89 bits per heavy atom. The Bertz CT molecular complexity index is 534. The number of ether oxygens (including phenoxy) is 2. The normalized spacial score (nSPS) is 13.8. The zero-order valence-corrected chi connectivity index (χ0v) is 12.9. The summed E-state index contributed by atoms with van der Waals surface area (Å²) in [6.07, 6.45) is 0.420. The third-order valence-corrected chi connectivity index (χ3v) is 4.51. The van der Waals surface area contributed by atoms with E-state index in [0.717, 1.165) is 6.20 Å². The highest BCUT2D eigenvalue weighted by Gasteiger charge is 2.24. The quantitative estimate of drug-likeness (QED) is 0.635. The van der Waals surface area contributed by atoms with Crippen molar-refractivity contribution in [2.24, 2.45) is 0 Å². The molecule has 0 aromatic carbocycles. The van der Waals surface area contributed by atoms with Crippen LogP contribution in [0.1, 0.15) is 6.92 Å². The van der Waals surface area contributed by atoms with Crippen molar-refractivity contribution in [3.8, 4) is 0 Å². The van der Waals surface area contributed by atoms with Gasteiger partial charge in [-0.25, -0.2) is 18.1 Å². The zero-order chi connectivity index (χ0) is 14.6. The molecule has 0 saturated heterocycles. The second-order valence-corrected chi connectivity index (χ2v) is 6.17. The lowest BCUT2D eigenvalue weighted by atomic mass is 10.3. The molecule has 0 fully saturated rings. The number of aromatic nitrogens is 1. The van der Waals surface area contributed by atoms with E-state index >= 15 is 0 Å². The van der Waals surface area contributed by atoms with Gasteiger partial charge < -0.3 is 9.47 Å². The van der Waals surface area contributed by atoms with Gasteiger partial charge in [-0.15, -0.1) is 0 Å². The van der Waals surface area contributed by atoms with Crippen molar-refractivity contribution in [2.75, 3.05) is 14.2 Å². The lowest BCUT2D eigenvalue weighted by Crippen LogP contribution is -2.42. The second kappa shape index (κ2) is 6.83. The summed E-state index contributed by atoms with van der Waals surface area (Å²) in [7, 11) is -0.947. The lowest BCUT2D eigenvalue weighted by Gasteiger charge is -2.21. The Hall–Kier alpha value is -0.440. The number of hydrogen-bond donors (Lipinski definition) is 1. The van der Waals surface area contributed by atoms with E-state index in [1.54, 1.807) is 6.92 Å². The molecule has 1 aromatic heterocycles. The van der Waals surface area contributed by atoms with E-state index in [9.17, 15) is 8.42 Å². The molecule has 9 heteroatoms. The van der Waals surface area contributed by atoms with Crippen molar-refractivity contribution >= 4 is 33.2 Å². The van der Waals surface area contributed by atoms with Crippen molar-refractivity contribution in [3.63, 3.8) is 0 Å². The van der Waals surface area contributed by atoms with E-state index < -0.39 is 22.4 Å². The van der Waals surface area contributed by atoms with Gasteiger partial charge in [-0.3, -0.25) is 0 Å². The summed E-state index contributed by atoms with van der Waals surface area (Å²) < 4.78 is 36.5. The molecule has 1 atom stereocenters. The van der Waals surface area contributed by atoms with E-state index in [0.29, 0.717) is 0 Å². The van der Waals surface area contributed by atoms with Gasteiger partial charge in [-0.05, 0) is 13.0 Å². The molecule has 0 bridgehead atoms. The fourth-order valence-corrected chi connectivity index (χ4v) is 2.96. The van der Waals surface area contributed by atoms with Crippen LogP contribution in [0.2, 0.25) is 10.2 Å². The van der Waals surface area contributed by atoms with Crippen LogP contribution in [0, 0.1) is 0 Å². The van der Waals surface area contributed by atoms with Gasteiger partial charge in [-0.1, -0.05) is 23.2 Å². The van der Waals surface area contributed by atoms with Gasteiger partial charge in [0, 0.05) is 20.4 Å². The average Bonchev–Trinajstić information content (AvgIpc) is 2.33. The lowest BCUT2D eigenvalue weighted by molar-refractivity contribution is -0.115. The number of pyridine rings is 1. The van der Waals surface area contributed by atoms with E-state index in [4.69, 9.17) is 32.7 Å². The molecule has 1 rings (SSSR count). The molecular formula is C10H14Cl2N2O4S. The van der Waals surface area contributed by atoms with Crippen LogP contribution in [0.15, 0.2) is 17.2 Å². The Morgan fingerprint density at radius 3 is 2.37 bits per heavy atom. The maximum Gasteiger partial charge on any atom is 0.242 e. The Labute approximate surface area is 122 Å². The molecule has 1 heterocycles. The Balaban J connectivity index is 2.95. The van der Waals surface area contributed by atoms with Crippen LogP contribution < -0.4 is 4.72 Å². The molecule has 0 radical (unpaired) electrons. The first kappa shape index (κ1) is 16.6. The molecule has 6 nitrogen and oxygen atoms in total. The number of halogens is 2. The van der Waals surface area contributed by atoms with Gasteiger partial charge in [-0.2, -0.15) is 0 Å². The molecule has 0 saturated carbocycles. The monoisotopic (exact) mass is 328 g/mol. The van der Waals surface area contributed by atoms with Crippen molar-refractivity contribution in [3.05, 3.63) is 22.4 Å². The fourth-order valence-electron chi connectivity index (χ4n) is 1.42. The van der Waals surface area contributed by atoms with Crippen LogP contribution in [0.3, 0.4) is 0 Å². The topological polar surface area (TPSA) is 77.5 Å². The maximum atomic E-state index is 12.1. The van der Waals surface area contributed by atoms with E-state index in [2.05, 4.69) is 9.71 Å². The van der Waals surface area contributed by atoms with Crippen LogP contribution in [-0.2, 0) is 19.5 Å². The van der Waals surface area contributed by atoms with Crippen molar-refractivity contribution in [1.82, 2.24) is 9.71 Å². The van der Waals surface area contributed by atoms with Crippen molar-refractivity contribution in [1.29, 1.82) is 0 Å². The number of nitrogens with zero attached hydrogens (tertiary/aromatic N) is 1. The van der Waals surface area contributed by atoms with Gasteiger partial charge in [0.1, 0.15) is 10.0 Å². The first-order chi connectivity index (χ1) is 8.81. The zero-order valence-electron chi connectivity index (χ0n) is 10.6. The minimum Gasteiger partial charge on any atom is -0.354 e. The molecule has 108 valence electrons. The Kier molecular flexibility index (Phi) is 5.97. The van der Waals surface area contributed by atoms with E-state index in [1.807, 2.05) is 0 Å². The first-order valence-corrected chi connectivity index (χ1v) is 7.44. The van der Waals surface area contributed by atoms with Gasteiger partial charge in [0.2, 0.25) is 10.0 Å². The summed E-state index contributed by atoms with van der Waals surface area (Å²) in [6, 6.07) is 0.634. The molecule has 0 aliphatic heterocycles. The number of hydrogen-bond acceptors (Lipinski definition) is 5. The molecule has 0 aliphatic carbocycles. The number of rotatable bonds is 6. The molecule has 1 aromatic rings. The summed E-state index contributed by atoms with van der Waals surface area (Å²) in [5.74, 6) is 0. The summed E-state index contributed by atoms with van der Waals surface area (Å²) in [6.45, 7) is 1.61. The largest absolute Gasteiger partial charge is 0.354 e. The number of methoxy groups -OCH3 is 2. The fraction of sp³-hybridized carbons (Fsp3) is 0.500. The molecule has 19 heavy (non-hydrogen) atoms. The molecule has 1 unspecified atom stereocenters. The molecule has 0 spiro atoms. The summed E-state index contributed by atoms with van der Waals surface area (Å²) in [5.41, 5.74) is 0. The van der Waals surface area contributed by atoms with Crippen LogP contribution >= 0.6 is 23.2 Å². The van der Waals surface area contributed by atoms with E-state index in [1.165, 1.54) is 20.3 Å². The van der Waals surface area contributed by atoms with Gasteiger partial charge >= 0.3 is 0 Å². The van der Waals surface area contributed by atoms with Crippen LogP contribution in [0.5, 0.6) is 0 Å². The predicted molar refractivity (Wildman–Crippen MR) is 71.8 cm³/mol. The minimum atomic E-state index is -3.78. The summed E-state index contributed by atoms with van der Waals surface area (Å²) in [5, 5.41) is 0.104. The summed E-state index contributed by atoms with van der Waals surface area (Å²) in [4.78, 5) is 3.61. The standard InChI is InChI=1S/C10H14Cl2N2O4S/c1-6(10(17-2)18-3)14-19(15,16)7-4-8(11)9(12)13-5-7/h4-6,10,14H,1-3H3. The highest BCUT2D eigenvalue weighted by molar-refractivity contribution is 7.89. The van der Waals surface area contributed by atoms with E-state index in [-0.39, 0.29) is 15.1 Å². The molecule has 0 amide bonds. The van der Waals surface area contributed by atoms with Crippen LogP contribution in [-0.4, -0.2) is 40.0 Å². The highest BCUT2D eigenvalue weighted by atomic mass is 35.5. The predicted octanol–water partition coefficient (Wildman–Crippen LogP) is 1.67. The van der Waals surface area contributed by atoms with Crippen LogP contribution in [0.25, 0.3) is 0 Å². The third kappa shape index (κ3) is 4.27. The smallest absolute Gasteiger partial charge is 0.242 e. The SMILES string of the molecule is COC(OC)C(C)NS(=O)(=O)c1cnc(Cl)c(Cl)c1. The van der Waals surface area contributed by atoms with Crippen molar-refractivity contribution in [2.45, 2.75) is 24.2 Å². The highest BCUT2D eigenvalue weighted by Crippen LogP contribution is 2.22.